The Morgan fingerprint density at radius 3 is 2.43 bits per heavy atom. The van der Waals surface area contributed by atoms with Crippen LogP contribution in [0.4, 0.5) is 13.2 Å². The Morgan fingerprint density at radius 2 is 1.91 bits per heavy atom. The smallest absolute Gasteiger partial charge is 0.371 e. The molecule has 1 heterocycles. The maximum Gasteiger partial charge on any atom is 0.416 e. The zero-order valence-electron chi connectivity index (χ0n) is 13.4. The molecule has 0 aromatic heterocycles. The van der Waals surface area contributed by atoms with Gasteiger partial charge in [0, 0.05) is 27.2 Å². The van der Waals surface area contributed by atoms with Gasteiger partial charge in [0.05, 0.1) is 24.3 Å². The molecule has 7 heteroatoms. The van der Waals surface area contributed by atoms with Crippen LogP contribution in [0.2, 0.25) is 0 Å². The number of rotatable bonds is 3. The molecule has 0 aliphatic carbocycles. The Balaban J connectivity index is 2.08. The van der Waals surface area contributed by atoms with Crippen molar-refractivity contribution in [2.45, 2.75) is 25.2 Å². The van der Waals surface area contributed by atoms with Gasteiger partial charge in [-0.1, -0.05) is 12.1 Å². The topological polar surface area (TPSA) is 32.8 Å². The fourth-order valence-electron chi connectivity index (χ4n) is 2.64. The van der Waals surface area contributed by atoms with Gasteiger partial charge in [-0.05, 0) is 24.6 Å². The van der Waals surface area contributed by atoms with E-state index in [1.54, 1.807) is 14.1 Å². The number of ether oxygens (including phenoxy) is 1. The summed E-state index contributed by atoms with van der Waals surface area (Å²) in [7, 11) is 3.40. The average Bonchev–Trinajstić information content (AvgIpc) is 2.52. The zero-order valence-corrected chi connectivity index (χ0v) is 13.4. The largest absolute Gasteiger partial charge is 0.416 e. The summed E-state index contributed by atoms with van der Waals surface area (Å²) < 4.78 is 43.5. The molecule has 0 bridgehead atoms. The van der Waals surface area contributed by atoms with Crippen LogP contribution in [0.3, 0.4) is 0 Å². The number of morpholine rings is 1. The van der Waals surface area contributed by atoms with Gasteiger partial charge in [-0.15, -0.1) is 0 Å². The summed E-state index contributed by atoms with van der Waals surface area (Å²) in [6.45, 7) is 3.37. The van der Waals surface area contributed by atoms with Crippen molar-refractivity contribution < 1.29 is 22.7 Å². The lowest BCUT2D eigenvalue weighted by atomic mass is 10.0. The van der Waals surface area contributed by atoms with Crippen LogP contribution in [0, 0.1) is 0 Å². The SMILES string of the molecule is C[C@H](C(=O)N(C)C)N1CCO[C@H](c2ccc(C(F)(F)F)cc2)C1. The molecule has 1 amide bonds. The Morgan fingerprint density at radius 1 is 1.30 bits per heavy atom. The fraction of sp³-hybridized carbons (Fsp3) is 0.562. The minimum Gasteiger partial charge on any atom is -0.371 e. The minimum absolute atomic E-state index is 0.00179. The number of benzene rings is 1. The first-order valence-electron chi connectivity index (χ1n) is 7.44. The average molecular weight is 330 g/mol. The summed E-state index contributed by atoms with van der Waals surface area (Å²) in [5.74, 6) is -0.00179. The molecule has 1 aliphatic heterocycles. The highest BCUT2D eigenvalue weighted by molar-refractivity contribution is 5.80. The van der Waals surface area contributed by atoms with Gasteiger partial charge < -0.3 is 9.64 Å². The molecule has 23 heavy (non-hydrogen) atoms. The highest BCUT2D eigenvalue weighted by Crippen LogP contribution is 2.31. The summed E-state index contributed by atoms with van der Waals surface area (Å²) in [5.41, 5.74) is 0.0114. The molecular formula is C16H21F3N2O2. The van der Waals surface area contributed by atoms with Crippen molar-refractivity contribution in [2.24, 2.45) is 0 Å². The van der Waals surface area contributed by atoms with Gasteiger partial charge in [0.2, 0.25) is 5.91 Å². The predicted octanol–water partition coefficient (Wildman–Crippen LogP) is 2.56. The maximum atomic E-state index is 12.6. The first kappa shape index (κ1) is 17.7. The van der Waals surface area contributed by atoms with Gasteiger partial charge in [-0.3, -0.25) is 9.69 Å². The quantitative estimate of drug-likeness (QED) is 0.854. The summed E-state index contributed by atoms with van der Waals surface area (Å²) in [5, 5.41) is 0. The first-order valence-corrected chi connectivity index (χ1v) is 7.44. The van der Waals surface area contributed by atoms with E-state index >= 15 is 0 Å². The van der Waals surface area contributed by atoms with Gasteiger partial charge in [0.1, 0.15) is 0 Å². The van der Waals surface area contributed by atoms with Gasteiger partial charge in [-0.2, -0.15) is 13.2 Å². The number of halogens is 3. The van der Waals surface area contributed by atoms with Crippen LogP contribution in [0.25, 0.3) is 0 Å². The number of amides is 1. The van der Waals surface area contributed by atoms with Gasteiger partial charge in [0.25, 0.3) is 0 Å². The highest BCUT2D eigenvalue weighted by Gasteiger charge is 2.32. The highest BCUT2D eigenvalue weighted by atomic mass is 19.4. The van der Waals surface area contributed by atoms with Crippen molar-refractivity contribution in [3.8, 4) is 0 Å². The molecule has 1 aromatic carbocycles. The Hall–Kier alpha value is -1.60. The molecule has 1 fully saturated rings. The molecule has 0 unspecified atom stereocenters. The minimum atomic E-state index is -4.34. The summed E-state index contributed by atoms with van der Waals surface area (Å²) in [6.07, 6.45) is -4.67. The lowest BCUT2D eigenvalue weighted by Gasteiger charge is -2.37. The molecular weight excluding hydrogens is 309 g/mol. The number of hydrogen-bond donors (Lipinski definition) is 0. The molecule has 0 spiro atoms. The summed E-state index contributed by atoms with van der Waals surface area (Å²) >= 11 is 0. The Labute approximate surface area is 133 Å². The standard InChI is InChI=1S/C16H21F3N2O2/c1-11(15(22)20(2)3)21-8-9-23-14(10-21)12-4-6-13(7-5-12)16(17,18)19/h4-7,11,14H,8-10H2,1-3H3/t11-,14+/m1/s1. The number of carbonyl (C=O) groups excluding carboxylic acids is 1. The van der Waals surface area contributed by atoms with E-state index in [1.807, 2.05) is 11.8 Å². The number of carbonyl (C=O) groups is 1. The van der Waals surface area contributed by atoms with E-state index in [4.69, 9.17) is 4.74 Å². The van der Waals surface area contributed by atoms with Crippen molar-refractivity contribution in [3.63, 3.8) is 0 Å². The van der Waals surface area contributed by atoms with Crippen molar-refractivity contribution in [1.29, 1.82) is 0 Å². The van der Waals surface area contributed by atoms with Crippen LogP contribution in [0.1, 0.15) is 24.2 Å². The van der Waals surface area contributed by atoms with Crippen LogP contribution in [-0.2, 0) is 15.7 Å². The van der Waals surface area contributed by atoms with E-state index in [0.717, 1.165) is 12.1 Å². The molecule has 1 aliphatic rings. The molecule has 1 saturated heterocycles. The second kappa shape index (κ2) is 6.88. The second-order valence-electron chi connectivity index (χ2n) is 5.88. The molecule has 128 valence electrons. The Bertz CT molecular complexity index is 543. The predicted molar refractivity (Wildman–Crippen MR) is 79.9 cm³/mol. The van der Waals surface area contributed by atoms with Crippen LogP contribution in [0.5, 0.6) is 0 Å². The molecule has 1 aromatic rings. The normalized spacial score (nSPS) is 21.0. The third-order valence-electron chi connectivity index (χ3n) is 4.05. The first-order chi connectivity index (χ1) is 10.7. The van der Waals surface area contributed by atoms with E-state index < -0.39 is 11.7 Å². The summed E-state index contributed by atoms with van der Waals surface area (Å²) in [6, 6.07) is 4.72. The fourth-order valence-corrected chi connectivity index (χ4v) is 2.64. The molecule has 0 saturated carbocycles. The number of hydrogen-bond acceptors (Lipinski definition) is 3. The molecule has 4 nitrogen and oxygen atoms in total. The van der Waals surface area contributed by atoms with Crippen LogP contribution >= 0.6 is 0 Å². The number of nitrogens with zero attached hydrogens (tertiary/aromatic N) is 2. The maximum absolute atomic E-state index is 12.6. The van der Waals surface area contributed by atoms with E-state index in [1.165, 1.54) is 17.0 Å². The van der Waals surface area contributed by atoms with E-state index in [2.05, 4.69) is 0 Å². The molecule has 2 atom stereocenters. The van der Waals surface area contributed by atoms with Crippen molar-refractivity contribution in [2.75, 3.05) is 33.8 Å². The third-order valence-corrected chi connectivity index (χ3v) is 4.05. The van der Waals surface area contributed by atoms with E-state index in [9.17, 15) is 18.0 Å². The van der Waals surface area contributed by atoms with Crippen molar-refractivity contribution in [3.05, 3.63) is 35.4 Å². The van der Waals surface area contributed by atoms with Crippen LogP contribution in [0.15, 0.2) is 24.3 Å². The zero-order chi connectivity index (χ0) is 17.2. The van der Waals surface area contributed by atoms with E-state index in [-0.39, 0.29) is 18.1 Å². The van der Waals surface area contributed by atoms with E-state index in [0.29, 0.717) is 25.3 Å². The van der Waals surface area contributed by atoms with Crippen LogP contribution < -0.4 is 0 Å². The van der Waals surface area contributed by atoms with Crippen LogP contribution in [-0.4, -0.2) is 55.5 Å². The lowest BCUT2D eigenvalue weighted by Crippen LogP contribution is -2.50. The molecule has 0 radical (unpaired) electrons. The molecule has 2 rings (SSSR count). The number of likely N-dealkylation sites (N-methyl/N-ethyl adjacent to an activating group) is 1. The van der Waals surface area contributed by atoms with Gasteiger partial charge in [-0.25, -0.2) is 0 Å². The monoisotopic (exact) mass is 330 g/mol. The van der Waals surface area contributed by atoms with Gasteiger partial charge in [0.15, 0.2) is 0 Å². The number of alkyl halides is 3. The molecule has 0 N–H and O–H groups in total. The third kappa shape index (κ3) is 4.23. The van der Waals surface area contributed by atoms with Crippen molar-refractivity contribution in [1.82, 2.24) is 9.80 Å². The Kier molecular flexibility index (Phi) is 5.31. The van der Waals surface area contributed by atoms with Crippen molar-refractivity contribution >= 4 is 5.91 Å². The van der Waals surface area contributed by atoms with Gasteiger partial charge >= 0.3 is 6.18 Å². The summed E-state index contributed by atoms with van der Waals surface area (Å²) in [4.78, 5) is 15.6. The lowest BCUT2D eigenvalue weighted by molar-refractivity contribution is -0.138. The second-order valence-corrected chi connectivity index (χ2v) is 5.88.